The number of benzene rings is 1. The summed E-state index contributed by atoms with van der Waals surface area (Å²) in [6, 6.07) is 5.68. The number of likely N-dealkylation sites (N-methyl/N-ethyl adjacent to an activating group) is 1. The lowest BCUT2D eigenvalue weighted by molar-refractivity contribution is -0.383. The fraction of sp³-hybridized carbons (Fsp3) is 0.533. The Morgan fingerprint density at radius 1 is 1.26 bits per heavy atom. The lowest BCUT2D eigenvalue weighted by Crippen LogP contribution is -2.45. The van der Waals surface area contributed by atoms with Gasteiger partial charge in [0.1, 0.15) is 5.69 Å². The standard InChI is InChI=1S/C15H23N5O3/c1-18-9-11-19(12-10-18)8-4-7-16-15(21)17-13-5-2-3-6-14(13)20(22)23/h2-3,5-6H,4,7-12H2,1H3,(H2,16,17,21). The van der Waals surface area contributed by atoms with Gasteiger partial charge in [0.15, 0.2) is 0 Å². The summed E-state index contributed by atoms with van der Waals surface area (Å²) in [4.78, 5) is 26.9. The van der Waals surface area contributed by atoms with E-state index >= 15 is 0 Å². The van der Waals surface area contributed by atoms with Crippen LogP contribution in [-0.4, -0.2) is 67.1 Å². The lowest BCUT2D eigenvalue weighted by Gasteiger charge is -2.32. The summed E-state index contributed by atoms with van der Waals surface area (Å²) >= 11 is 0. The molecule has 0 radical (unpaired) electrons. The number of nitro groups is 1. The van der Waals surface area contributed by atoms with Crippen LogP contribution in [0.1, 0.15) is 6.42 Å². The van der Waals surface area contributed by atoms with Gasteiger partial charge in [-0.3, -0.25) is 10.1 Å². The molecule has 1 fully saturated rings. The number of para-hydroxylation sites is 2. The zero-order chi connectivity index (χ0) is 16.7. The number of anilines is 1. The first kappa shape index (κ1) is 17.2. The number of rotatable bonds is 6. The van der Waals surface area contributed by atoms with Gasteiger partial charge in [-0.25, -0.2) is 4.79 Å². The molecule has 8 heteroatoms. The maximum Gasteiger partial charge on any atom is 0.319 e. The van der Waals surface area contributed by atoms with E-state index in [1.54, 1.807) is 12.1 Å². The molecule has 1 aromatic carbocycles. The summed E-state index contributed by atoms with van der Waals surface area (Å²) < 4.78 is 0. The molecule has 0 saturated carbocycles. The van der Waals surface area contributed by atoms with Crippen molar-refractivity contribution >= 4 is 17.4 Å². The Morgan fingerprint density at radius 3 is 2.65 bits per heavy atom. The van der Waals surface area contributed by atoms with Gasteiger partial charge in [0.05, 0.1) is 4.92 Å². The van der Waals surface area contributed by atoms with Gasteiger partial charge in [-0.2, -0.15) is 0 Å². The molecule has 0 atom stereocenters. The number of hydrogen-bond acceptors (Lipinski definition) is 5. The molecule has 0 bridgehead atoms. The molecule has 1 aliphatic heterocycles. The third-order valence-electron chi connectivity index (χ3n) is 3.88. The van der Waals surface area contributed by atoms with E-state index in [2.05, 4.69) is 27.5 Å². The van der Waals surface area contributed by atoms with E-state index < -0.39 is 11.0 Å². The first-order valence-corrected chi connectivity index (χ1v) is 7.75. The zero-order valence-corrected chi connectivity index (χ0v) is 13.3. The predicted molar refractivity (Wildman–Crippen MR) is 88.7 cm³/mol. The fourth-order valence-electron chi connectivity index (χ4n) is 2.48. The maximum atomic E-state index is 11.8. The van der Waals surface area contributed by atoms with Gasteiger partial charge in [0, 0.05) is 38.8 Å². The highest BCUT2D eigenvalue weighted by molar-refractivity contribution is 5.91. The van der Waals surface area contributed by atoms with E-state index in [4.69, 9.17) is 0 Å². The molecule has 0 spiro atoms. The van der Waals surface area contributed by atoms with E-state index in [1.165, 1.54) is 12.1 Å². The molecule has 2 N–H and O–H groups in total. The fourth-order valence-corrected chi connectivity index (χ4v) is 2.48. The lowest BCUT2D eigenvalue weighted by atomic mass is 10.3. The highest BCUT2D eigenvalue weighted by Gasteiger charge is 2.15. The molecule has 0 unspecified atom stereocenters. The predicted octanol–water partition coefficient (Wildman–Crippen LogP) is 1.35. The van der Waals surface area contributed by atoms with Crippen LogP contribution in [0.2, 0.25) is 0 Å². The Labute approximate surface area is 135 Å². The van der Waals surface area contributed by atoms with Crippen molar-refractivity contribution in [2.75, 3.05) is 51.6 Å². The van der Waals surface area contributed by atoms with Crippen molar-refractivity contribution in [3.8, 4) is 0 Å². The van der Waals surface area contributed by atoms with Gasteiger partial charge in [0.2, 0.25) is 0 Å². The minimum absolute atomic E-state index is 0.111. The summed E-state index contributed by atoms with van der Waals surface area (Å²) in [6.45, 7) is 5.74. The Bertz CT molecular complexity index is 544. The van der Waals surface area contributed by atoms with E-state index in [9.17, 15) is 14.9 Å². The molecule has 1 saturated heterocycles. The second-order valence-electron chi connectivity index (χ2n) is 5.65. The van der Waals surface area contributed by atoms with Crippen LogP contribution in [0.5, 0.6) is 0 Å². The topological polar surface area (TPSA) is 90.8 Å². The quantitative estimate of drug-likeness (QED) is 0.469. The van der Waals surface area contributed by atoms with E-state index in [0.29, 0.717) is 6.54 Å². The van der Waals surface area contributed by atoms with Crippen LogP contribution in [0.3, 0.4) is 0 Å². The van der Waals surface area contributed by atoms with Crippen LogP contribution in [0.25, 0.3) is 0 Å². The van der Waals surface area contributed by atoms with Crippen molar-refractivity contribution < 1.29 is 9.72 Å². The van der Waals surface area contributed by atoms with Crippen molar-refractivity contribution in [3.05, 3.63) is 34.4 Å². The Hall–Kier alpha value is -2.19. The molecular weight excluding hydrogens is 298 g/mol. The second kappa shape index (κ2) is 8.44. The maximum absolute atomic E-state index is 11.8. The molecule has 1 aromatic rings. The number of nitrogens with one attached hydrogen (secondary N) is 2. The van der Waals surface area contributed by atoms with Crippen LogP contribution in [-0.2, 0) is 0 Å². The largest absolute Gasteiger partial charge is 0.338 e. The number of urea groups is 1. The molecule has 1 heterocycles. The number of nitrogens with zero attached hydrogens (tertiary/aromatic N) is 3. The van der Waals surface area contributed by atoms with Gasteiger partial charge < -0.3 is 20.4 Å². The molecule has 1 aliphatic rings. The highest BCUT2D eigenvalue weighted by Crippen LogP contribution is 2.22. The van der Waals surface area contributed by atoms with Crippen molar-refractivity contribution in [3.63, 3.8) is 0 Å². The van der Waals surface area contributed by atoms with E-state index in [-0.39, 0.29) is 11.4 Å². The normalized spacial score (nSPS) is 16.0. The average molecular weight is 321 g/mol. The zero-order valence-electron chi connectivity index (χ0n) is 13.3. The summed E-state index contributed by atoms with van der Waals surface area (Å²) in [7, 11) is 2.12. The molecule has 2 rings (SSSR count). The number of piperazine rings is 1. The van der Waals surface area contributed by atoms with Crippen molar-refractivity contribution in [2.45, 2.75) is 6.42 Å². The summed E-state index contributed by atoms with van der Waals surface area (Å²) in [5.41, 5.74) is 0.0918. The summed E-state index contributed by atoms with van der Waals surface area (Å²) in [5, 5.41) is 16.1. The summed E-state index contributed by atoms with van der Waals surface area (Å²) in [6.07, 6.45) is 0.855. The number of nitro benzene ring substituents is 1. The minimum atomic E-state index is -0.511. The van der Waals surface area contributed by atoms with Crippen LogP contribution in [0.4, 0.5) is 16.2 Å². The van der Waals surface area contributed by atoms with Gasteiger partial charge in [0.25, 0.3) is 5.69 Å². The van der Waals surface area contributed by atoms with Crippen LogP contribution >= 0.6 is 0 Å². The van der Waals surface area contributed by atoms with Gasteiger partial charge in [-0.15, -0.1) is 0 Å². The van der Waals surface area contributed by atoms with Crippen LogP contribution in [0, 0.1) is 10.1 Å². The van der Waals surface area contributed by atoms with Crippen molar-refractivity contribution in [1.29, 1.82) is 0 Å². The van der Waals surface area contributed by atoms with Crippen molar-refractivity contribution in [2.24, 2.45) is 0 Å². The van der Waals surface area contributed by atoms with Gasteiger partial charge in [-0.05, 0) is 26.1 Å². The van der Waals surface area contributed by atoms with Crippen LogP contribution < -0.4 is 10.6 Å². The average Bonchev–Trinajstić information content (AvgIpc) is 2.53. The third-order valence-corrected chi connectivity index (χ3v) is 3.88. The first-order chi connectivity index (χ1) is 11.1. The molecule has 2 amide bonds. The Morgan fingerprint density at radius 2 is 1.96 bits per heavy atom. The van der Waals surface area contributed by atoms with E-state index in [1.807, 2.05) is 0 Å². The van der Waals surface area contributed by atoms with Crippen LogP contribution in [0.15, 0.2) is 24.3 Å². The SMILES string of the molecule is CN1CCN(CCCNC(=O)Nc2ccccc2[N+](=O)[O-])CC1. The number of amides is 2. The first-order valence-electron chi connectivity index (χ1n) is 7.75. The number of hydrogen-bond donors (Lipinski definition) is 2. The molecule has 8 nitrogen and oxygen atoms in total. The van der Waals surface area contributed by atoms with Gasteiger partial charge in [-0.1, -0.05) is 12.1 Å². The molecule has 0 aromatic heterocycles. The monoisotopic (exact) mass is 321 g/mol. The molecule has 0 aliphatic carbocycles. The minimum Gasteiger partial charge on any atom is -0.338 e. The highest BCUT2D eigenvalue weighted by atomic mass is 16.6. The smallest absolute Gasteiger partial charge is 0.319 e. The van der Waals surface area contributed by atoms with Gasteiger partial charge >= 0.3 is 6.03 Å². The van der Waals surface area contributed by atoms with E-state index in [0.717, 1.165) is 39.1 Å². The summed E-state index contributed by atoms with van der Waals surface area (Å²) in [5.74, 6) is 0. The Balaban J connectivity index is 1.68. The van der Waals surface area contributed by atoms with Crippen molar-refractivity contribution in [1.82, 2.24) is 15.1 Å². The third kappa shape index (κ3) is 5.50. The molecule has 23 heavy (non-hydrogen) atoms. The number of carbonyl (C=O) groups excluding carboxylic acids is 1. The molecule has 126 valence electrons. The second-order valence-corrected chi connectivity index (χ2v) is 5.65. The number of carbonyl (C=O) groups is 1. The Kier molecular flexibility index (Phi) is 6.30. The molecular formula is C15H23N5O3.